The lowest BCUT2D eigenvalue weighted by Gasteiger charge is -2.11. The van der Waals surface area contributed by atoms with Crippen LogP contribution in [0.5, 0.6) is 11.6 Å². The van der Waals surface area contributed by atoms with Crippen molar-refractivity contribution in [3.63, 3.8) is 0 Å². The molecule has 1 aromatic carbocycles. The first-order chi connectivity index (χ1) is 15.1. The summed E-state index contributed by atoms with van der Waals surface area (Å²) in [5.74, 6) is 2.29. The highest BCUT2D eigenvalue weighted by Gasteiger charge is 2.13. The molecule has 0 unspecified atom stereocenters. The monoisotopic (exact) mass is 553 g/mol. The van der Waals surface area contributed by atoms with Crippen LogP contribution < -0.4 is 15.4 Å². The van der Waals surface area contributed by atoms with Crippen molar-refractivity contribution in [2.24, 2.45) is 4.99 Å². The van der Waals surface area contributed by atoms with Crippen LogP contribution in [0.4, 0.5) is 4.39 Å². The number of nitrogens with one attached hydrogen (secondary N) is 2. The van der Waals surface area contributed by atoms with Crippen molar-refractivity contribution in [1.29, 1.82) is 0 Å². The molecule has 0 aliphatic carbocycles. The van der Waals surface area contributed by atoms with E-state index in [0.29, 0.717) is 36.6 Å². The molecular formula is C23H29FIN5O2. The van der Waals surface area contributed by atoms with Gasteiger partial charge >= 0.3 is 0 Å². The van der Waals surface area contributed by atoms with Crippen molar-refractivity contribution in [2.45, 2.75) is 45.7 Å². The van der Waals surface area contributed by atoms with Gasteiger partial charge in [0.05, 0.1) is 12.2 Å². The molecule has 0 amide bonds. The van der Waals surface area contributed by atoms with Gasteiger partial charge in [-0.2, -0.15) is 0 Å². The zero-order valence-electron chi connectivity index (χ0n) is 18.5. The van der Waals surface area contributed by atoms with Gasteiger partial charge in [0.15, 0.2) is 11.7 Å². The maximum absolute atomic E-state index is 13.2. The number of hydrogen-bond acceptors (Lipinski definition) is 5. The minimum Gasteiger partial charge on any atom is -0.439 e. The Kier molecular flexibility index (Phi) is 10.4. The lowest BCUT2D eigenvalue weighted by Crippen LogP contribution is -2.36. The molecule has 0 saturated heterocycles. The van der Waals surface area contributed by atoms with E-state index in [9.17, 15) is 4.39 Å². The number of guanidine groups is 1. The zero-order chi connectivity index (χ0) is 22.1. The number of rotatable bonds is 9. The number of aliphatic imine (C=N–C) groups is 1. The predicted octanol–water partition coefficient (Wildman–Crippen LogP) is 5.39. The summed E-state index contributed by atoms with van der Waals surface area (Å²) in [4.78, 5) is 8.49. The molecule has 0 spiro atoms. The molecule has 3 rings (SSSR count). The fourth-order valence-corrected chi connectivity index (χ4v) is 3.12. The fraction of sp³-hybridized carbons (Fsp3) is 0.348. The second-order valence-corrected chi connectivity index (χ2v) is 7.07. The van der Waals surface area contributed by atoms with E-state index in [2.05, 4.69) is 39.6 Å². The molecular weight excluding hydrogens is 524 g/mol. The average Bonchev–Trinajstić information content (AvgIpc) is 3.24. The predicted molar refractivity (Wildman–Crippen MR) is 133 cm³/mol. The van der Waals surface area contributed by atoms with Gasteiger partial charge in [-0.25, -0.2) is 9.37 Å². The van der Waals surface area contributed by atoms with Crippen molar-refractivity contribution < 1.29 is 13.7 Å². The van der Waals surface area contributed by atoms with E-state index in [1.165, 1.54) is 12.1 Å². The van der Waals surface area contributed by atoms with Gasteiger partial charge in [0.1, 0.15) is 11.6 Å². The van der Waals surface area contributed by atoms with Crippen molar-refractivity contribution in [3.8, 4) is 11.6 Å². The Morgan fingerprint density at radius 3 is 2.56 bits per heavy atom. The first-order valence-electron chi connectivity index (χ1n) is 10.4. The third kappa shape index (κ3) is 7.47. The molecule has 3 aromatic rings. The first-order valence-corrected chi connectivity index (χ1v) is 10.4. The van der Waals surface area contributed by atoms with Crippen LogP contribution in [0.15, 0.2) is 58.2 Å². The molecule has 0 radical (unpaired) electrons. The summed E-state index contributed by atoms with van der Waals surface area (Å²) in [6.07, 6.45) is 3.78. The third-order valence-corrected chi connectivity index (χ3v) is 4.91. The maximum atomic E-state index is 13.2. The number of pyridine rings is 1. The van der Waals surface area contributed by atoms with Crippen LogP contribution >= 0.6 is 24.0 Å². The molecule has 7 nitrogen and oxygen atoms in total. The summed E-state index contributed by atoms with van der Waals surface area (Å²) in [6, 6.07) is 11.6. The molecule has 0 bridgehead atoms. The van der Waals surface area contributed by atoms with E-state index in [1.54, 1.807) is 31.4 Å². The normalized spacial score (nSPS) is 11.2. The average molecular weight is 553 g/mol. The Morgan fingerprint density at radius 1 is 1.12 bits per heavy atom. The van der Waals surface area contributed by atoms with Crippen LogP contribution in [0.25, 0.3) is 0 Å². The first kappa shape index (κ1) is 25.6. The molecule has 0 aliphatic heterocycles. The van der Waals surface area contributed by atoms with Gasteiger partial charge in [-0.05, 0) is 30.5 Å². The molecule has 0 aliphatic rings. The number of halogens is 2. The topological polar surface area (TPSA) is 84.6 Å². The van der Waals surface area contributed by atoms with Gasteiger partial charge in [0.2, 0.25) is 5.88 Å². The summed E-state index contributed by atoms with van der Waals surface area (Å²) >= 11 is 0. The van der Waals surface area contributed by atoms with Gasteiger partial charge in [-0.3, -0.25) is 4.99 Å². The Labute approximate surface area is 204 Å². The van der Waals surface area contributed by atoms with Gasteiger partial charge in [-0.1, -0.05) is 31.1 Å². The number of aromatic nitrogens is 2. The molecule has 0 saturated carbocycles. The van der Waals surface area contributed by atoms with E-state index >= 15 is 0 Å². The van der Waals surface area contributed by atoms with E-state index in [4.69, 9.17) is 9.26 Å². The smallest absolute Gasteiger partial charge is 0.219 e. The Balaban J connectivity index is 0.00000363. The van der Waals surface area contributed by atoms with Crippen LogP contribution in [0, 0.1) is 5.82 Å². The molecule has 9 heteroatoms. The zero-order valence-corrected chi connectivity index (χ0v) is 20.8. The lowest BCUT2D eigenvalue weighted by molar-refractivity contribution is 0.368. The summed E-state index contributed by atoms with van der Waals surface area (Å²) in [7, 11) is 1.71. The number of hydrogen-bond donors (Lipinski definition) is 2. The summed E-state index contributed by atoms with van der Waals surface area (Å²) in [5.41, 5.74) is 1.95. The molecule has 2 N–H and O–H groups in total. The van der Waals surface area contributed by atoms with Crippen LogP contribution in [-0.2, 0) is 13.1 Å². The van der Waals surface area contributed by atoms with Gasteiger partial charge in [0.25, 0.3) is 0 Å². The standard InChI is InChI=1S/C23H28FN5O2.HI/c1-4-17(5-2)21-12-20(31-29-21)15-28-23(25-3)27-14-16-9-10-22(26-13-16)30-19-8-6-7-18(24)11-19;/h6-13,17H,4-5,14-15H2,1-3H3,(H2,25,27,28);1H. The summed E-state index contributed by atoms with van der Waals surface area (Å²) in [5, 5.41) is 10.6. The van der Waals surface area contributed by atoms with E-state index in [1.807, 2.05) is 12.1 Å². The second kappa shape index (κ2) is 13.0. The van der Waals surface area contributed by atoms with Gasteiger partial charge < -0.3 is 19.9 Å². The highest BCUT2D eigenvalue weighted by Crippen LogP contribution is 2.22. The minimum absolute atomic E-state index is 0. The molecule has 172 valence electrons. The molecule has 2 heterocycles. The summed E-state index contributed by atoms with van der Waals surface area (Å²) < 4.78 is 24.2. The van der Waals surface area contributed by atoms with E-state index < -0.39 is 0 Å². The molecule has 2 aromatic heterocycles. The summed E-state index contributed by atoms with van der Waals surface area (Å²) in [6.45, 7) is 5.33. The van der Waals surface area contributed by atoms with Crippen molar-refractivity contribution in [3.05, 3.63) is 71.5 Å². The maximum Gasteiger partial charge on any atom is 0.219 e. The van der Waals surface area contributed by atoms with Gasteiger partial charge in [0, 0.05) is 43.9 Å². The quantitative estimate of drug-likeness (QED) is 0.210. The number of ether oxygens (including phenoxy) is 1. The Morgan fingerprint density at radius 2 is 1.91 bits per heavy atom. The van der Waals surface area contributed by atoms with E-state index in [-0.39, 0.29) is 29.8 Å². The fourth-order valence-electron chi connectivity index (χ4n) is 3.12. The van der Waals surface area contributed by atoms with Crippen molar-refractivity contribution in [2.75, 3.05) is 7.05 Å². The van der Waals surface area contributed by atoms with Gasteiger partial charge in [-0.15, -0.1) is 24.0 Å². The van der Waals surface area contributed by atoms with Crippen LogP contribution in [-0.4, -0.2) is 23.1 Å². The molecule has 0 atom stereocenters. The van der Waals surface area contributed by atoms with Crippen molar-refractivity contribution >= 4 is 29.9 Å². The highest BCUT2D eigenvalue weighted by molar-refractivity contribution is 14.0. The number of benzene rings is 1. The van der Waals surface area contributed by atoms with Crippen LogP contribution in [0.1, 0.15) is 49.6 Å². The lowest BCUT2D eigenvalue weighted by atomic mass is 9.99. The molecule has 0 fully saturated rings. The largest absolute Gasteiger partial charge is 0.439 e. The Hall–Kier alpha value is -2.69. The number of nitrogens with zero attached hydrogens (tertiary/aromatic N) is 3. The third-order valence-electron chi connectivity index (χ3n) is 4.91. The molecule has 32 heavy (non-hydrogen) atoms. The van der Waals surface area contributed by atoms with E-state index in [0.717, 1.165) is 29.9 Å². The Bertz CT molecular complexity index is 990. The minimum atomic E-state index is -0.352. The van der Waals surface area contributed by atoms with Crippen LogP contribution in [0.2, 0.25) is 0 Å². The SMILES string of the molecule is CCC(CC)c1cc(CNC(=NC)NCc2ccc(Oc3cccc(F)c3)nc2)on1.I. The van der Waals surface area contributed by atoms with Crippen LogP contribution in [0.3, 0.4) is 0 Å². The van der Waals surface area contributed by atoms with Crippen molar-refractivity contribution in [1.82, 2.24) is 20.8 Å². The second-order valence-electron chi connectivity index (χ2n) is 7.07. The highest BCUT2D eigenvalue weighted by atomic mass is 127.